The summed E-state index contributed by atoms with van der Waals surface area (Å²) in [5, 5.41) is 5.71. The summed E-state index contributed by atoms with van der Waals surface area (Å²) in [6, 6.07) is 3.65. The van der Waals surface area contributed by atoms with E-state index in [1.165, 1.54) is 0 Å². The van der Waals surface area contributed by atoms with Gasteiger partial charge in [0.1, 0.15) is 13.2 Å². The Bertz CT molecular complexity index is 561. The van der Waals surface area contributed by atoms with E-state index in [-0.39, 0.29) is 6.03 Å². The molecule has 1 fully saturated rings. The van der Waals surface area contributed by atoms with Gasteiger partial charge in [-0.1, -0.05) is 0 Å². The standard InChI is InChI=1S/C16H21BrN2O4/c17-13-8-11(9-14-15(13)23-7-6-22-14)10-19-16(20)18-4-3-12-2-1-5-21-12/h8-9,12H,1-7,10H2,(H2,18,19,20). The smallest absolute Gasteiger partial charge is 0.315 e. The largest absolute Gasteiger partial charge is 0.486 e. The summed E-state index contributed by atoms with van der Waals surface area (Å²) in [5.41, 5.74) is 0.954. The van der Waals surface area contributed by atoms with Gasteiger partial charge in [0, 0.05) is 19.7 Å². The van der Waals surface area contributed by atoms with Crippen LogP contribution in [0.15, 0.2) is 16.6 Å². The van der Waals surface area contributed by atoms with E-state index in [1.807, 2.05) is 12.1 Å². The maximum absolute atomic E-state index is 11.8. The van der Waals surface area contributed by atoms with Gasteiger partial charge in [-0.2, -0.15) is 0 Å². The first-order valence-corrected chi connectivity index (χ1v) is 8.73. The van der Waals surface area contributed by atoms with E-state index in [4.69, 9.17) is 14.2 Å². The molecule has 0 aliphatic carbocycles. The number of carbonyl (C=O) groups excluding carboxylic acids is 1. The van der Waals surface area contributed by atoms with E-state index < -0.39 is 0 Å². The van der Waals surface area contributed by atoms with Gasteiger partial charge in [-0.25, -0.2) is 4.79 Å². The lowest BCUT2D eigenvalue weighted by Gasteiger charge is -2.20. The average molecular weight is 385 g/mol. The number of rotatable bonds is 5. The Labute approximate surface area is 144 Å². The molecular formula is C16H21BrN2O4. The maximum Gasteiger partial charge on any atom is 0.315 e. The number of amides is 2. The second-order valence-corrected chi connectivity index (χ2v) is 6.49. The molecule has 1 atom stereocenters. The molecule has 2 aliphatic rings. The van der Waals surface area contributed by atoms with Crippen LogP contribution in [0.4, 0.5) is 4.79 Å². The maximum atomic E-state index is 11.8. The second kappa shape index (κ2) is 7.88. The molecule has 0 bridgehead atoms. The molecule has 2 N–H and O–H groups in total. The zero-order chi connectivity index (χ0) is 16.1. The minimum Gasteiger partial charge on any atom is -0.486 e. The number of nitrogens with one attached hydrogen (secondary N) is 2. The number of fused-ring (bicyclic) bond motifs is 1. The number of halogens is 1. The van der Waals surface area contributed by atoms with Crippen molar-refractivity contribution in [2.24, 2.45) is 0 Å². The molecule has 2 heterocycles. The Morgan fingerprint density at radius 3 is 2.91 bits per heavy atom. The monoisotopic (exact) mass is 384 g/mol. The first-order valence-electron chi connectivity index (χ1n) is 7.93. The number of hydrogen-bond donors (Lipinski definition) is 2. The van der Waals surface area contributed by atoms with Gasteiger partial charge in [0.15, 0.2) is 11.5 Å². The molecule has 23 heavy (non-hydrogen) atoms. The van der Waals surface area contributed by atoms with Crippen LogP contribution in [0, 0.1) is 0 Å². The van der Waals surface area contributed by atoms with Crippen LogP contribution in [0.1, 0.15) is 24.8 Å². The van der Waals surface area contributed by atoms with Gasteiger partial charge in [-0.15, -0.1) is 0 Å². The molecular weight excluding hydrogens is 364 g/mol. The zero-order valence-electron chi connectivity index (χ0n) is 12.9. The third-order valence-electron chi connectivity index (χ3n) is 3.89. The summed E-state index contributed by atoms with van der Waals surface area (Å²) in [6.07, 6.45) is 3.37. The van der Waals surface area contributed by atoms with Crippen LogP contribution in [0.25, 0.3) is 0 Å². The van der Waals surface area contributed by atoms with Crippen molar-refractivity contribution in [3.63, 3.8) is 0 Å². The fraction of sp³-hybridized carbons (Fsp3) is 0.562. The van der Waals surface area contributed by atoms with Crippen LogP contribution in [0.2, 0.25) is 0 Å². The highest BCUT2D eigenvalue weighted by atomic mass is 79.9. The number of hydrogen-bond acceptors (Lipinski definition) is 4. The highest BCUT2D eigenvalue weighted by molar-refractivity contribution is 9.10. The van der Waals surface area contributed by atoms with Crippen molar-refractivity contribution in [2.45, 2.75) is 31.9 Å². The van der Waals surface area contributed by atoms with Gasteiger partial charge >= 0.3 is 6.03 Å². The molecule has 1 saturated heterocycles. The molecule has 0 saturated carbocycles. The quantitative estimate of drug-likeness (QED) is 0.818. The molecule has 1 aromatic carbocycles. The van der Waals surface area contributed by atoms with E-state index in [0.29, 0.717) is 38.2 Å². The summed E-state index contributed by atoms with van der Waals surface area (Å²) >= 11 is 3.47. The predicted octanol–water partition coefficient (Wildman–Crippen LogP) is 2.59. The number of benzene rings is 1. The Balaban J connectivity index is 1.44. The number of urea groups is 1. The highest BCUT2D eigenvalue weighted by Gasteiger charge is 2.17. The fourth-order valence-electron chi connectivity index (χ4n) is 2.73. The van der Waals surface area contributed by atoms with Gasteiger partial charge in [0.25, 0.3) is 0 Å². The summed E-state index contributed by atoms with van der Waals surface area (Å²) in [7, 11) is 0. The van der Waals surface area contributed by atoms with Crippen molar-refractivity contribution in [3.05, 3.63) is 22.2 Å². The van der Waals surface area contributed by atoms with Crippen LogP contribution in [0.3, 0.4) is 0 Å². The molecule has 2 amide bonds. The minimum absolute atomic E-state index is 0.172. The first kappa shape index (κ1) is 16.4. The molecule has 7 heteroatoms. The lowest BCUT2D eigenvalue weighted by molar-refractivity contribution is 0.104. The molecule has 3 rings (SSSR count). The van der Waals surface area contributed by atoms with E-state index in [1.54, 1.807) is 0 Å². The van der Waals surface area contributed by atoms with E-state index in [0.717, 1.165) is 41.7 Å². The molecule has 0 radical (unpaired) electrons. The van der Waals surface area contributed by atoms with Crippen LogP contribution in [-0.2, 0) is 11.3 Å². The average Bonchev–Trinajstić information content (AvgIpc) is 3.06. The Kier molecular flexibility index (Phi) is 5.61. The van der Waals surface area contributed by atoms with Crippen LogP contribution < -0.4 is 20.1 Å². The molecule has 126 valence electrons. The van der Waals surface area contributed by atoms with Gasteiger partial charge in [-0.3, -0.25) is 0 Å². The van der Waals surface area contributed by atoms with Gasteiger partial charge in [0.2, 0.25) is 0 Å². The lowest BCUT2D eigenvalue weighted by Crippen LogP contribution is -2.36. The van der Waals surface area contributed by atoms with E-state index in [9.17, 15) is 4.79 Å². The van der Waals surface area contributed by atoms with Crippen molar-refractivity contribution < 1.29 is 19.0 Å². The summed E-state index contributed by atoms with van der Waals surface area (Å²) in [4.78, 5) is 11.8. The molecule has 0 spiro atoms. The van der Waals surface area contributed by atoms with Crippen LogP contribution in [0.5, 0.6) is 11.5 Å². The predicted molar refractivity (Wildman–Crippen MR) is 89.0 cm³/mol. The lowest BCUT2D eigenvalue weighted by atomic mass is 10.2. The van der Waals surface area contributed by atoms with Crippen LogP contribution in [-0.4, -0.2) is 38.5 Å². The number of carbonyl (C=O) groups is 1. The fourth-order valence-corrected chi connectivity index (χ4v) is 3.33. The minimum atomic E-state index is -0.172. The third kappa shape index (κ3) is 4.51. The van der Waals surface area contributed by atoms with Crippen molar-refractivity contribution in [3.8, 4) is 11.5 Å². The Morgan fingerprint density at radius 1 is 1.22 bits per heavy atom. The van der Waals surface area contributed by atoms with Crippen molar-refractivity contribution in [1.82, 2.24) is 10.6 Å². The van der Waals surface area contributed by atoms with Crippen LogP contribution >= 0.6 is 15.9 Å². The van der Waals surface area contributed by atoms with Crippen molar-refractivity contribution >= 4 is 22.0 Å². The molecule has 6 nitrogen and oxygen atoms in total. The van der Waals surface area contributed by atoms with E-state index >= 15 is 0 Å². The molecule has 1 aromatic rings. The SMILES string of the molecule is O=C(NCCC1CCCO1)NCc1cc(Br)c2c(c1)OCCO2. The summed E-state index contributed by atoms with van der Waals surface area (Å²) in [6.45, 7) is 2.99. The van der Waals surface area contributed by atoms with E-state index in [2.05, 4.69) is 26.6 Å². The normalized spacial score (nSPS) is 19.4. The summed E-state index contributed by atoms with van der Waals surface area (Å²) in [5.74, 6) is 1.43. The molecule has 1 unspecified atom stereocenters. The second-order valence-electron chi connectivity index (χ2n) is 5.63. The third-order valence-corrected chi connectivity index (χ3v) is 4.47. The Hall–Kier alpha value is -1.47. The number of ether oxygens (including phenoxy) is 3. The van der Waals surface area contributed by atoms with Gasteiger partial charge < -0.3 is 24.8 Å². The van der Waals surface area contributed by atoms with Gasteiger partial charge in [-0.05, 0) is 52.9 Å². The van der Waals surface area contributed by atoms with Crippen molar-refractivity contribution in [2.75, 3.05) is 26.4 Å². The van der Waals surface area contributed by atoms with Crippen molar-refractivity contribution in [1.29, 1.82) is 0 Å². The topological polar surface area (TPSA) is 68.8 Å². The first-order chi connectivity index (χ1) is 11.2. The highest BCUT2D eigenvalue weighted by Crippen LogP contribution is 2.38. The summed E-state index contributed by atoms with van der Waals surface area (Å²) < 4.78 is 17.5. The molecule has 0 aromatic heterocycles. The Morgan fingerprint density at radius 2 is 2.09 bits per heavy atom. The molecule has 2 aliphatic heterocycles. The van der Waals surface area contributed by atoms with Gasteiger partial charge in [0.05, 0.1) is 10.6 Å². The zero-order valence-corrected chi connectivity index (χ0v) is 14.5.